The Labute approximate surface area is 139 Å². The lowest BCUT2D eigenvalue weighted by Gasteiger charge is -2.22. The summed E-state index contributed by atoms with van der Waals surface area (Å²) < 4.78 is 10.9. The normalized spacial score (nSPS) is 17.6. The van der Waals surface area contributed by atoms with Gasteiger partial charge in [0.15, 0.2) is 0 Å². The van der Waals surface area contributed by atoms with Gasteiger partial charge in [0, 0.05) is 19.0 Å². The number of hydrogen-bond donors (Lipinski definition) is 2. The third-order valence-electron chi connectivity index (χ3n) is 3.59. The second-order valence-electron chi connectivity index (χ2n) is 5.48. The third kappa shape index (κ3) is 4.80. The number of nitrogens with zero attached hydrogens (tertiary/aromatic N) is 4. The van der Waals surface area contributed by atoms with Crippen LogP contribution in [0.4, 0.5) is 0 Å². The van der Waals surface area contributed by atoms with E-state index < -0.39 is 0 Å². The summed E-state index contributed by atoms with van der Waals surface area (Å²) in [5.41, 5.74) is 0.571. The molecule has 0 radical (unpaired) electrons. The first-order valence-electron chi connectivity index (χ1n) is 7.95. The Balaban J connectivity index is 1.38. The molecule has 3 rings (SSSR count). The van der Waals surface area contributed by atoms with Crippen LogP contribution in [0.5, 0.6) is 0 Å². The van der Waals surface area contributed by atoms with Crippen molar-refractivity contribution in [1.29, 1.82) is 0 Å². The van der Waals surface area contributed by atoms with E-state index in [4.69, 9.17) is 9.47 Å². The number of ether oxygens (including phenoxy) is 2. The van der Waals surface area contributed by atoms with E-state index >= 15 is 0 Å². The molecule has 1 amide bonds. The highest BCUT2D eigenvalue weighted by Gasteiger charge is 2.14. The van der Waals surface area contributed by atoms with E-state index in [2.05, 4.69) is 30.5 Å². The van der Waals surface area contributed by atoms with Crippen LogP contribution in [0.2, 0.25) is 0 Å². The van der Waals surface area contributed by atoms with E-state index in [1.54, 1.807) is 18.6 Å². The van der Waals surface area contributed by atoms with Crippen molar-refractivity contribution in [2.75, 3.05) is 19.8 Å². The Bertz CT molecular complexity index is 642. The minimum absolute atomic E-state index is 0.00498. The summed E-state index contributed by atoms with van der Waals surface area (Å²) >= 11 is 0. The van der Waals surface area contributed by atoms with Crippen LogP contribution in [0, 0.1) is 0 Å². The smallest absolute Gasteiger partial charge is 0.246 e. The van der Waals surface area contributed by atoms with E-state index in [9.17, 15) is 4.79 Å². The minimum Gasteiger partial charge on any atom is -0.376 e. The van der Waals surface area contributed by atoms with Gasteiger partial charge >= 0.3 is 0 Å². The number of H-pyrrole nitrogens is 1. The molecule has 128 valence electrons. The molecule has 1 fully saturated rings. The molecule has 3 heterocycles. The molecule has 1 unspecified atom stereocenters. The first kappa shape index (κ1) is 16.5. The lowest BCUT2D eigenvalue weighted by Crippen LogP contribution is -2.30. The van der Waals surface area contributed by atoms with Crippen LogP contribution in [0.15, 0.2) is 18.6 Å². The minimum atomic E-state index is -0.205. The molecule has 1 aliphatic heterocycles. The molecule has 2 N–H and O–H groups in total. The van der Waals surface area contributed by atoms with Crippen molar-refractivity contribution < 1.29 is 14.3 Å². The standard InChI is InChI=1S/C15H20N6O3/c22-14(10-23-9-11-3-1-2-6-24-11)18-8-13-19-15(21-20-13)12-7-16-4-5-17-12/h4-5,7,11H,1-3,6,8-10H2,(H,18,22)(H,19,20,21). The van der Waals surface area contributed by atoms with E-state index in [1.165, 1.54) is 0 Å². The Morgan fingerprint density at radius 3 is 3.17 bits per heavy atom. The molecule has 0 aromatic carbocycles. The second-order valence-corrected chi connectivity index (χ2v) is 5.48. The quantitative estimate of drug-likeness (QED) is 0.757. The van der Waals surface area contributed by atoms with Crippen molar-refractivity contribution in [2.45, 2.75) is 31.9 Å². The monoisotopic (exact) mass is 332 g/mol. The van der Waals surface area contributed by atoms with Gasteiger partial charge in [-0.15, -0.1) is 0 Å². The van der Waals surface area contributed by atoms with Crippen LogP contribution < -0.4 is 5.32 Å². The molecule has 0 bridgehead atoms. The van der Waals surface area contributed by atoms with Crippen molar-refractivity contribution in [3.8, 4) is 11.5 Å². The molecule has 0 spiro atoms. The predicted octanol–water partition coefficient (Wildman–Crippen LogP) is 0.464. The molecule has 1 saturated heterocycles. The van der Waals surface area contributed by atoms with Crippen molar-refractivity contribution >= 4 is 5.91 Å². The number of carbonyl (C=O) groups excluding carboxylic acids is 1. The molecule has 0 aliphatic carbocycles. The maximum atomic E-state index is 11.8. The zero-order valence-corrected chi connectivity index (χ0v) is 13.3. The van der Waals surface area contributed by atoms with Crippen LogP contribution in [0.3, 0.4) is 0 Å². The largest absolute Gasteiger partial charge is 0.376 e. The van der Waals surface area contributed by atoms with Gasteiger partial charge in [0.2, 0.25) is 11.7 Å². The van der Waals surface area contributed by atoms with Gasteiger partial charge < -0.3 is 14.8 Å². The lowest BCUT2D eigenvalue weighted by molar-refractivity contribution is -0.128. The van der Waals surface area contributed by atoms with Crippen molar-refractivity contribution in [2.24, 2.45) is 0 Å². The van der Waals surface area contributed by atoms with Crippen molar-refractivity contribution in [1.82, 2.24) is 30.5 Å². The molecule has 2 aromatic heterocycles. The molecule has 0 saturated carbocycles. The Morgan fingerprint density at radius 1 is 1.42 bits per heavy atom. The first-order valence-corrected chi connectivity index (χ1v) is 7.95. The van der Waals surface area contributed by atoms with E-state index in [0.29, 0.717) is 23.9 Å². The summed E-state index contributed by atoms with van der Waals surface area (Å²) in [6, 6.07) is 0. The summed E-state index contributed by atoms with van der Waals surface area (Å²) in [6.45, 7) is 1.48. The highest BCUT2D eigenvalue weighted by atomic mass is 16.5. The summed E-state index contributed by atoms with van der Waals surface area (Å²) in [4.78, 5) is 24.1. The second kappa shape index (κ2) is 8.46. The average molecular weight is 332 g/mol. The van der Waals surface area contributed by atoms with Crippen LogP contribution in [-0.4, -0.2) is 57.0 Å². The number of nitrogens with one attached hydrogen (secondary N) is 2. The van der Waals surface area contributed by atoms with Gasteiger partial charge in [0.25, 0.3) is 0 Å². The molecule has 24 heavy (non-hydrogen) atoms. The van der Waals surface area contributed by atoms with Gasteiger partial charge in [-0.1, -0.05) is 0 Å². The fraction of sp³-hybridized carbons (Fsp3) is 0.533. The summed E-state index contributed by atoms with van der Waals surface area (Å²) in [5.74, 6) is 0.779. The van der Waals surface area contributed by atoms with Gasteiger partial charge in [-0.05, 0) is 19.3 Å². The predicted molar refractivity (Wildman–Crippen MR) is 83.7 cm³/mol. The van der Waals surface area contributed by atoms with E-state index in [1.807, 2.05) is 0 Å². The number of carbonyl (C=O) groups is 1. The molecule has 9 heteroatoms. The molecular weight excluding hydrogens is 312 g/mol. The summed E-state index contributed by atoms with van der Waals surface area (Å²) in [7, 11) is 0. The van der Waals surface area contributed by atoms with E-state index in [0.717, 1.165) is 25.9 Å². The fourth-order valence-corrected chi connectivity index (χ4v) is 2.36. The number of rotatable bonds is 7. The Kier molecular flexibility index (Phi) is 5.80. The topological polar surface area (TPSA) is 115 Å². The third-order valence-corrected chi connectivity index (χ3v) is 3.59. The first-order chi connectivity index (χ1) is 11.8. The highest BCUT2D eigenvalue weighted by Crippen LogP contribution is 2.12. The Morgan fingerprint density at radius 2 is 2.38 bits per heavy atom. The molecule has 1 aliphatic rings. The molecule has 2 aromatic rings. The van der Waals surface area contributed by atoms with Crippen LogP contribution >= 0.6 is 0 Å². The average Bonchev–Trinajstić information content (AvgIpc) is 3.11. The van der Waals surface area contributed by atoms with Crippen molar-refractivity contribution in [3.05, 3.63) is 24.4 Å². The summed E-state index contributed by atoms with van der Waals surface area (Å²) in [6.07, 6.45) is 8.08. The van der Waals surface area contributed by atoms with Crippen LogP contribution in [0.1, 0.15) is 25.1 Å². The lowest BCUT2D eigenvalue weighted by atomic mass is 10.1. The van der Waals surface area contributed by atoms with Gasteiger partial charge in [-0.2, -0.15) is 5.10 Å². The Hall–Kier alpha value is -2.39. The van der Waals surface area contributed by atoms with Gasteiger partial charge in [-0.3, -0.25) is 14.9 Å². The van der Waals surface area contributed by atoms with Gasteiger partial charge in [-0.25, -0.2) is 9.97 Å². The number of aromatic nitrogens is 5. The van der Waals surface area contributed by atoms with Crippen LogP contribution in [0.25, 0.3) is 11.5 Å². The van der Waals surface area contributed by atoms with Crippen molar-refractivity contribution in [3.63, 3.8) is 0 Å². The number of aromatic amines is 1. The summed E-state index contributed by atoms with van der Waals surface area (Å²) in [5, 5.41) is 9.54. The van der Waals surface area contributed by atoms with Gasteiger partial charge in [0.05, 0.1) is 25.5 Å². The molecule has 1 atom stereocenters. The number of amides is 1. The fourth-order valence-electron chi connectivity index (χ4n) is 2.36. The zero-order chi connectivity index (χ0) is 16.6. The molecular formula is C15H20N6O3. The highest BCUT2D eigenvalue weighted by molar-refractivity contribution is 5.77. The maximum Gasteiger partial charge on any atom is 0.246 e. The maximum absolute atomic E-state index is 11.8. The SMILES string of the molecule is O=C(COCC1CCCCO1)NCc1nc(-c2cnccn2)n[nH]1. The number of hydrogen-bond acceptors (Lipinski definition) is 7. The zero-order valence-electron chi connectivity index (χ0n) is 13.3. The van der Waals surface area contributed by atoms with E-state index in [-0.39, 0.29) is 25.2 Å². The molecule has 9 nitrogen and oxygen atoms in total. The van der Waals surface area contributed by atoms with Gasteiger partial charge in [0.1, 0.15) is 18.1 Å². The van der Waals surface area contributed by atoms with Crippen LogP contribution in [-0.2, 0) is 20.8 Å².